The van der Waals surface area contributed by atoms with Crippen LogP contribution in [0.2, 0.25) is 0 Å². The zero-order chi connectivity index (χ0) is 14.5. The highest BCUT2D eigenvalue weighted by Gasteiger charge is 2.06. The van der Waals surface area contributed by atoms with E-state index in [-0.39, 0.29) is 5.91 Å². The van der Waals surface area contributed by atoms with Crippen LogP contribution < -0.4 is 5.32 Å². The molecule has 1 N–H and O–H groups in total. The van der Waals surface area contributed by atoms with Crippen molar-refractivity contribution < 1.29 is 4.79 Å². The van der Waals surface area contributed by atoms with Crippen molar-refractivity contribution in [1.82, 2.24) is 0 Å². The number of nitrogens with one attached hydrogen (secondary N) is 1. The molecule has 0 saturated carbocycles. The Hall–Kier alpha value is -1.74. The Morgan fingerprint density at radius 2 is 1.80 bits per heavy atom. The molecule has 0 aromatic heterocycles. The number of aryl methyl sites for hydroxylation is 2. The minimum absolute atomic E-state index is 0.0221. The van der Waals surface area contributed by atoms with Gasteiger partial charge in [0.05, 0.1) is 6.42 Å². The maximum atomic E-state index is 12.1. The summed E-state index contributed by atoms with van der Waals surface area (Å²) in [7, 11) is 0. The molecule has 2 aromatic rings. The topological polar surface area (TPSA) is 29.1 Å². The quantitative estimate of drug-likeness (QED) is 0.853. The van der Waals surface area contributed by atoms with Gasteiger partial charge in [-0.15, -0.1) is 11.8 Å². The van der Waals surface area contributed by atoms with E-state index in [1.54, 1.807) is 11.8 Å². The average Bonchev–Trinajstić information content (AvgIpc) is 2.43. The Morgan fingerprint density at radius 3 is 2.40 bits per heavy atom. The van der Waals surface area contributed by atoms with E-state index in [1.165, 1.54) is 10.5 Å². The van der Waals surface area contributed by atoms with E-state index in [2.05, 4.69) is 18.3 Å². The minimum atomic E-state index is 0.0221. The average molecular weight is 285 g/mol. The van der Waals surface area contributed by atoms with E-state index in [0.29, 0.717) is 6.42 Å². The van der Waals surface area contributed by atoms with Crippen molar-refractivity contribution in [3.05, 3.63) is 59.2 Å². The standard InChI is InChI=1S/C17H19NOS/c1-12-4-5-14(13(2)10-12)11-17(19)18-15-6-8-16(20-3)9-7-15/h4-10H,11H2,1-3H3,(H,18,19). The molecule has 0 fully saturated rings. The third-order valence-electron chi connectivity index (χ3n) is 3.22. The lowest BCUT2D eigenvalue weighted by molar-refractivity contribution is -0.115. The van der Waals surface area contributed by atoms with Gasteiger partial charge in [-0.05, 0) is 55.5 Å². The molecule has 20 heavy (non-hydrogen) atoms. The zero-order valence-corrected chi connectivity index (χ0v) is 12.9. The molecule has 0 unspecified atom stereocenters. The summed E-state index contributed by atoms with van der Waals surface area (Å²) >= 11 is 1.69. The van der Waals surface area contributed by atoms with Crippen LogP contribution in [0.1, 0.15) is 16.7 Å². The monoisotopic (exact) mass is 285 g/mol. The first-order valence-corrected chi connectivity index (χ1v) is 7.81. The van der Waals surface area contributed by atoms with Crippen LogP contribution in [-0.4, -0.2) is 12.2 Å². The molecule has 0 aliphatic rings. The summed E-state index contributed by atoms with van der Waals surface area (Å²) in [6.45, 7) is 4.10. The van der Waals surface area contributed by atoms with Crippen LogP contribution in [0.3, 0.4) is 0 Å². The van der Waals surface area contributed by atoms with Gasteiger partial charge in [-0.3, -0.25) is 4.79 Å². The largest absolute Gasteiger partial charge is 0.326 e. The van der Waals surface area contributed by atoms with Crippen molar-refractivity contribution in [2.75, 3.05) is 11.6 Å². The van der Waals surface area contributed by atoms with Crippen LogP contribution in [0.25, 0.3) is 0 Å². The molecule has 104 valence electrons. The van der Waals surface area contributed by atoms with Gasteiger partial charge in [0, 0.05) is 10.6 Å². The van der Waals surface area contributed by atoms with E-state index < -0.39 is 0 Å². The second-order valence-electron chi connectivity index (χ2n) is 4.88. The maximum absolute atomic E-state index is 12.1. The lowest BCUT2D eigenvalue weighted by Crippen LogP contribution is -2.15. The smallest absolute Gasteiger partial charge is 0.228 e. The number of carbonyl (C=O) groups is 1. The summed E-state index contributed by atoms with van der Waals surface area (Å²) in [5.74, 6) is 0.0221. The van der Waals surface area contributed by atoms with Crippen LogP contribution in [-0.2, 0) is 11.2 Å². The van der Waals surface area contributed by atoms with Crippen molar-refractivity contribution in [2.24, 2.45) is 0 Å². The molecule has 0 atom stereocenters. The first-order valence-electron chi connectivity index (χ1n) is 6.58. The van der Waals surface area contributed by atoms with Gasteiger partial charge in [-0.1, -0.05) is 23.8 Å². The highest BCUT2D eigenvalue weighted by Crippen LogP contribution is 2.18. The Bertz CT molecular complexity index is 605. The number of hydrogen-bond donors (Lipinski definition) is 1. The molecule has 2 aromatic carbocycles. The Balaban J connectivity index is 2.01. The van der Waals surface area contributed by atoms with Crippen molar-refractivity contribution in [3.63, 3.8) is 0 Å². The Labute approximate surface area is 124 Å². The van der Waals surface area contributed by atoms with E-state index in [0.717, 1.165) is 16.8 Å². The van der Waals surface area contributed by atoms with Gasteiger partial charge >= 0.3 is 0 Å². The number of anilines is 1. The predicted molar refractivity (Wildman–Crippen MR) is 86.5 cm³/mol. The lowest BCUT2D eigenvalue weighted by atomic mass is 10.0. The summed E-state index contributed by atoms with van der Waals surface area (Å²) in [4.78, 5) is 13.2. The van der Waals surface area contributed by atoms with E-state index in [4.69, 9.17) is 0 Å². The molecule has 0 bridgehead atoms. The van der Waals surface area contributed by atoms with Crippen molar-refractivity contribution in [1.29, 1.82) is 0 Å². The summed E-state index contributed by atoms with van der Waals surface area (Å²) in [6.07, 6.45) is 2.45. The highest BCUT2D eigenvalue weighted by atomic mass is 32.2. The summed E-state index contributed by atoms with van der Waals surface area (Å²) in [5, 5.41) is 2.94. The van der Waals surface area contributed by atoms with Gasteiger partial charge in [0.1, 0.15) is 0 Å². The SMILES string of the molecule is CSc1ccc(NC(=O)Cc2ccc(C)cc2C)cc1. The molecule has 0 aliphatic heterocycles. The normalized spacial score (nSPS) is 10.3. The number of hydrogen-bond acceptors (Lipinski definition) is 2. The van der Waals surface area contributed by atoms with Gasteiger partial charge in [0.15, 0.2) is 0 Å². The molecule has 2 rings (SSSR count). The third kappa shape index (κ3) is 3.87. The fraction of sp³-hybridized carbons (Fsp3) is 0.235. The van der Waals surface area contributed by atoms with Gasteiger partial charge < -0.3 is 5.32 Å². The van der Waals surface area contributed by atoms with Crippen LogP contribution in [0.4, 0.5) is 5.69 Å². The molecular formula is C17H19NOS. The van der Waals surface area contributed by atoms with E-state index in [1.807, 2.05) is 49.6 Å². The van der Waals surface area contributed by atoms with Crippen LogP contribution in [0.5, 0.6) is 0 Å². The fourth-order valence-corrected chi connectivity index (χ4v) is 2.50. The molecule has 3 heteroatoms. The molecule has 2 nitrogen and oxygen atoms in total. The number of benzene rings is 2. The molecular weight excluding hydrogens is 266 g/mol. The van der Waals surface area contributed by atoms with Gasteiger partial charge in [-0.25, -0.2) is 0 Å². The molecule has 1 amide bonds. The van der Waals surface area contributed by atoms with Crippen LogP contribution in [0.15, 0.2) is 47.4 Å². The third-order valence-corrected chi connectivity index (χ3v) is 3.97. The van der Waals surface area contributed by atoms with Gasteiger partial charge in [0.25, 0.3) is 0 Å². The molecule has 0 spiro atoms. The number of amides is 1. The van der Waals surface area contributed by atoms with Crippen LogP contribution >= 0.6 is 11.8 Å². The Kier molecular flexibility index (Phi) is 4.85. The van der Waals surface area contributed by atoms with Crippen molar-refractivity contribution in [2.45, 2.75) is 25.2 Å². The second-order valence-corrected chi connectivity index (χ2v) is 5.76. The number of rotatable bonds is 4. The number of thioether (sulfide) groups is 1. The fourth-order valence-electron chi connectivity index (χ4n) is 2.10. The summed E-state index contributed by atoms with van der Waals surface area (Å²) in [5.41, 5.74) is 4.31. The van der Waals surface area contributed by atoms with Gasteiger partial charge in [-0.2, -0.15) is 0 Å². The highest BCUT2D eigenvalue weighted by molar-refractivity contribution is 7.98. The molecule has 0 radical (unpaired) electrons. The number of carbonyl (C=O) groups excluding carboxylic acids is 1. The lowest BCUT2D eigenvalue weighted by Gasteiger charge is -2.08. The first kappa shape index (κ1) is 14.7. The second kappa shape index (κ2) is 6.62. The minimum Gasteiger partial charge on any atom is -0.326 e. The van der Waals surface area contributed by atoms with Gasteiger partial charge in [0.2, 0.25) is 5.91 Å². The summed E-state index contributed by atoms with van der Waals surface area (Å²) < 4.78 is 0. The van der Waals surface area contributed by atoms with Crippen molar-refractivity contribution >= 4 is 23.4 Å². The maximum Gasteiger partial charge on any atom is 0.228 e. The van der Waals surface area contributed by atoms with Crippen LogP contribution in [0, 0.1) is 13.8 Å². The zero-order valence-electron chi connectivity index (χ0n) is 12.1. The van der Waals surface area contributed by atoms with E-state index >= 15 is 0 Å². The molecule has 0 saturated heterocycles. The predicted octanol–water partition coefficient (Wildman–Crippen LogP) is 4.21. The summed E-state index contributed by atoms with van der Waals surface area (Å²) in [6, 6.07) is 14.1. The first-order chi connectivity index (χ1) is 9.58. The van der Waals surface area contributed by atoms with Crippen molar-refractivity contribution in [3.8, 4) is 0 Å². The molecule has 0 aliphatic carbocycles. The van der Waals surface area contributed by atoms with E-state index in [9.17, 15) is 4.79 Å². The molecule has 0 heterocycles. The Morgan fingerprint density at radius 1 is 1.10 bits per heavy atom.